The van der Waals surface area contributed by atoms with Gasteiger partial charge in [0.2, 0.25) is 0 Å². The van der Waals surface area contributed by atoms with Crippen LogP contribution in [-0.2, 0) is 0 Å². The maximum atomic E-state index is 12.0. The zero-order valence-electron chi connectivity index (χ0n) is 11.2. The molecular weight excluding hydrogens is 270 g/mol. The first-order valence-electron chi connectivity index (χ1n) is 5.96. The van der Waals surface area contributed by atoms with Crippen molar-refractivity contribution in [1.29, 1.82) is 0 Å². The molecule has 19 heavy (non-hydrogen) atoms. The summed E-state index contributed by atoms with van der Waals surface area (Å²) in [5.74, 6) is -0.124. The van der Waals surface area contributed by atoms with E-state index in [0.29, 0.717) is 12.3 Å². The zero-order valence-corrected chi connectivity index (χ0v) is 12.0. The Balaban J connectivity index is 2.78. The third-order valence-electron chi connectivity index (χ3n) is 2.86. The van der Waals surface area contributed by atoms with Crippen LogP contribution < -0.4 is 5.32 Å². The number of H-pyrrole nitrogens is 1. The summed E-state index contributed by atoms with van der Waals surface area (Å²) in [5.41, 5.74) is 0.0406. The molecule has 106 valence electrons. The van der Waals surface area contributed by atoms with Crippen molar-refractivity contribution in [3.63, 3.8) is 0 Å². The fraction of sp³-hybridized carbons (Fsp3) is 0.583. The molecule has 0 fully saturated rings. The molecule has 0 spiro atoms. The number of aromatic nitrogens is 1. The van der Waals surface area contributed by atoms with Gasteiger partial charge in [0.15, 0.2) is 5.69 Å². The number of rotatable bonds is 5. The second-order valence-electron chi connectivity index (χ2n) is 5.38. The molecule has 0 aliphatic heterocycles. The molecule has 1 heterocycles. The molecule has 1 aromatic rings. The van der Waals surface area contributed by atoms with E-state index in [1.807, 2.05) is 20.8 Å². The molecule has 0 aliphatic carbocycles. The van der Waals surface area contributed by atoms with E-state index in [4.69, 9.17) is 11.6 Å². The van der Waals surface area contributed by atoms with Crippen molar-refractivity contribution < 1.29 is 9.72 Å². The second-order valence-corrected chi connectivity index (χ2v) is 5.76. The first kappa shape index (κ1) is 15.5. The van der Waals surface area contributed by atoms with Crippen LogP contribution in [0.2, 0.25) is 0 Å². The van der Waals surface area contributed by atoms with Gasteiger partial charge < -0.3 is 15.4 Å². The lowest BCUT2D eigenvalue weighted by Crippen LogP contribution is -2.44. The van der Waals surface area contributed by atoms with Gasteiger partial charge >= 0.3 is 5.82 Å². The lowest BCUT2D eigenvalue weighted by molar-refractivity contribution is -0.389. The van der Waals surface area contributed by atoms with E-state index in [9.17, 15) is 14.9 Å². The van der Waals surface area contributed by atoms with Crippen molar-refractivity contribution in [2.24, 2.45) is 5.41 Å². The monoisotopic (exact) mass is 287 g/mol. The molecular formula is C12H18ClN3O3. The van der Waals surface area contributed by atoms with E-state index in [1.54, 1.807) is 0 Å². The van der Waals surface area contributed by atoms with Crippen LogP contribution >= 0.6 is 11.6 Å². The fourth-order valence-electron chi connectivity index (χ4n) is 1.69. The molecule has 0 saturated heterocycles. The van der Waals surface area contributed by atoms with Crippen molar-refractivity contribution in [2.45, 2.75) is 33.2 Å². The Labute approximate surface area is 116 Å². The lowest BCUT2D eigenvalue weighted by Gasteiger charge is -2.30. The van der Waals surface area contributed by atoms with Gasteiger partial charge in [-0.2, -0.15) is 0 Å². The predicted molar refractivity (Wildman–Crippen MR) is 73.5 cm³/mol. The summed E-state index contributed by atoms with van der Waals surface area (Å²) in [5, 5.41) is 13.4. The van der Waals surface area contributed by atoms with Crippen LogP contribution in [0.4, 0.5) is 5.82 Å². The minimum Gasteiger partial charge on any atom is -0.358 e. The molecule has 1 unspecified atom stereocenters. The highest BCUT2D eigenvalue weighted by atomic mass is 35.5. The molecule has 0 aromatic carbocycles. The van der Waals surface area contributed by atoms with E-state index in [-0.39, 0.29) is 28.9 Å². The maximum Gasteiger partial charge on any atom is 0.321 e. The maximum absolute atomic E-state index is 12.0. The van der Waals surface area contributed by atoms with Crippen LogP contribution in [0.3, 0.4) is 0 Å². The number of aromatic amines is 1. The Morgan fingerprint density at radius 2 is 2.16 bits per heavy atom. The largest absolute Gasteiger partial charge is 0.358 e. The van der Waals surface area contributed by atoms with Crippen molar-refractivity contribution in [3.8, 4) is 0 Å². The summed E-state index contributed by atoms with van der Waals surface area (Å²) in [4.78, 5) is 24.4. The molecule has 0 aliphatic rings. The van der Waals surface area contributed by atoms with E-state index in [1.165, 1.54) is 12.1 Å². The quantitative estimate of drug-likeness (QED) is 0.496. The van der Waals surface area contributed by atoms with Gasteiger partial charge in [0.1, 0.15) is 0 Å². The normalized spacial score (nSPS) is 13.1. The smallest absolute Gasteiger partial charge is 0.321 e. The first-order valence-corrected chi connectivity index (χ1v) is 6.49. The standard InChI is InChI=1S/C12H18ClN3O3/c1-12(2,3)9(6-7-13)15-11(17)8-4-5-10(14-8)16(18)19/h4-5,9,14H,6-7H2,1-3H3,(H,15,17). The minimum absolute atomic E-state index is 0.0974. The Morgan fingerprint density at radius 1 is 1.53 bits per heavy atom. The van der Waals surface area contributed by atoms with E-state index in [0.717, 1.165) is 0 Å². The van der Waals surface area contributed by atoms with Crippen LogP contribution in [0, 0.1) is 15.5 Å². The SMILES string of the molecule is CC(C)(C)C(CCCl)NC(=O)c1ccc([N+](=O)[O-])[nH]1. The van der Waals surface area contributed by atoms with Gasteiger partial charge in [-0.3, -0.25) is 4.79 Å². The fourth-order valence-corrected chi connectivity index (χ4v) is 1.91. The number of halogens is 1. The van der Waals surface area contributed by atoms with Crippen LogP contribution in [0.15, 0.2) is 12.1 Å². The third kappa shape index (κ3) is 4.24. The topological polar surface area (TPSA) is 88.0 Å². The summed E-state index contributed by atoms with van der Waals surface area (Å²) >= 11 is 5.73. The molecule has 1 aromatic heterocycles. The number of carbonyl (C=O) groups is 1. The van der Waals surface area contributed by atoms with Gasteiger partial charge in [-0.05, 0) is 22.8 Å². The summed E-state index contributed by atoms with van der Waals surface area (Å²) < 4.78 is 0. The number of alkyl halides is 1. The summed E-state index contributed by atoms with van der Waals surface area (Å²) in [6.45, 7) is 6.00. The summed E-state index contributed by atoms with van der Waals surface area (Å²) in [6.07, 6.45) is 0.638. The Hall–Kier alpha value is -1.56. The van der Waals surface area contributed by atoms with Crippen LogP contribution in [0.1, 0.15) is 37.7 Å². The molecule has 1 atom stereocenters. The number of hydrogen-bond acceptors (Lipinski definition) is 3. The molecule has 0 bridgehead atoms. The van der Waals surface area contributed by atoms with Crippen LogP contribution in [-0.4, -0.2) is 27.7 Å². The average molecular weight is 288 g/mol. The Bertz CT molecular complexity index is 465. The van der Waals surface area contributed by atoms with Crippen LogP contribution in [0.5, 0.6) is 0 Å². The zero-order chi connectivity index (χ0) is 14.6. The number of hydrogen-bond donors (Lipinski definition) is 2. The molecule has 7 heteroatoms. The number of carbonyl (C=O) groups excluding carboxylic acids is 1. The van der Waals surface area contributed by atoms with Crippen molar-refractivity contribution in [1.82, 2.24) is 10.3 Å². The summed E-state index contributed by atoms with van der Waals surface area (Å²) in [6, 6.07) is 2.57. The number of nitro groups is 1. The molecule has 2 N–H and O–H groups in total. The van der Waals surface area contributed by atoms with Gasteiger partial charge in [-0.15, -0.1) is 11.6 Å². The van der Waals surface area contributed by atoms with Crippen LogP contribution in [0.25, 0.3) is 0 Å². The Kier molecular flexibility index (Phi) is 4.94. The first-order chi connectivity index (χ1) is 8.75. The molecule has 1 amide bonds. The van der Waals surface area contributed by atoms with Crippen molar-refractivity contribution in [3.05, 3.63) is 27.9 Å². The predicted octanol–water partition coefficient (Wildman–Crippen LogP) is 2.70. The highest BCUT2D eigenvalue weighted by Crippen LogP contribution is 2.22. The van der Waals surface area contributed by atoms with E-state index in [2.05, 4.69) is 10.3 Å². The van der Waals surface area contributed by atoms with Gasteiger partial charge in [-0.25, -0.2) is 4.98 Å². The van der Waals surface area contributed by atoms with Gasteiger partial charge in [-0.1, -0.05) is 20.8 Å². The number of amides is 1. The summed E-state index contributed by atoms with van der Waals surface area (Å²) in [7, 11) is 0. The Morgan fingerprint density at radius 3 is 2.58 bits per heavy atom. The molecule has 1 rings (SSSR count). The second kappa shape index (κ2) is 6.06. The van der Waals surface area contributed by atoms with Crippen molar-refractivity contribution >= 4 is 23.3 Å². The third-order valence-corrected chi connectivity index (χ3v) is 3.08. The highest BCUT2D eigenvalue weighted by Gasteiger charge is 2.27. The molecule has 0 radical (unpaired) electrons. The molecule has 6 nitrogen and oxygen atoms in total. The minimum atomic E-state index is -0.573. The van der Waals surface area contributed by atoms with Crippen molar-refractivity contribution in [2.75, 3.05) is 5.88 Å². The number of nitrogens with one attached hydrogen (secondary N) is 2. The van der Waals surface area contributed by atoms with Gasteiger partial charge in [0.05, 0.1) is 0 Å². The van der Waals surface area contributed by atoms with Gasteiger partial charge in [0, 0.05) is 18.0 Å². The number of nitrogens with zero attached hydrogens (tertiary/aromatic N) is 1. The van der Waals surface area contributed by atoms with E-state index < -0.39 is 4.92 Å². The lowest BCUT2D eigenvalue weighted by atomic mass is 9.85. The molecule has 0 saturated carbocycles. The average Bonchev–Trinajstić information content (AvgIpc) is 2.76. The van der Waals surface area contributed by atoms with E-state index >= 15 is 0 Å². The van der Waals surface area contributed by atoms with Gasteiger partial charge in [0.25, 0.3) is 5.91 Å². The highest BCUT2D eigenvalue weighted by molar-refractivity contribution is 6.17.